The van der Waals surface area contributed by atoms with Gasteiger partial charge in [0.25, 0.3) is 0 Å². The smallest absolute Gasteiger partial charge is 0.233 e. The van der Waals surface area contributed by atoms with E-state index in [0.29, 0.717) is 12.5 Å². The molecule has 3 atom stereocenters. The fourth-order valence-corrected chi connectivity index (χ4v) is 1.78. The normalized spacial score (nSPS) is 30.1. The van der Waals surface area contributed by atoms with Gasteiger partial charge in [-0.3, -0.25) is 4.79 Å². The molecule has 0 saturated heterocycles. The van der Waals surface area contributed by atoms with Crippen molar-refractivity contribution in [3.05, 3.63) is 0 Å². The molecule has 3 nitrogen and oxygen atoms in total. The van der Waals surface area contributed by atoms with E-state index in [-0.39, 0.29) is 16.8 Å². The number of rotatable bonds is 3. The number of aliphatic hydroxyl groups excluding tert-OH is 1. The molecule has 0 aromatic rings. The predicted molar refractivity (Wildman–Crippen MR) is 54.7 cm³/mol. The number of nitrogens with one attached hydrogen (secondary N) is 1. The maximum absolute atomic E-state index is 11.2. The number of carbonyl (C=O) groups is 1. The van der Waals surface area contributed by atoms with Crippen molar-refractivity contribution in [2.24, 2.45) is 5.92 Å². The molecule has 0 aromatic carbocycles. The van der Waals surface area contributed by atoms with Crippen LogP contribution in [0.3, 0.4) is 0 Å². The quantitative estimate of drug-likeness (QED) is 0.735. The maximum atomic E-state index is 11.2. The van der Waals surface area contributed by atoms with Crippen molar-refractivity contribution in [1.29, 1.82) is 0 Å². The van der Waals surface area contributed by atoms with Crippen molar-refractivity contribution in [2.75, 3.05) is 6.54 Å². The van der Waals surface area contributed by atoms with Gasteiger partial charge in [-0.05, 0) is 32.1 Å². The SMILES string of the molecule is CC(Br)C(=O)NCC1CCC(O)C1. The van der Waals surface area contributed by atoms with Crippen LogP contribution in [0.2, 0.25) is 0 Å². The van der Waals surface area contributed by atoms with Crippen LogP contribution in [0.25, 0.3) is 0 Å². The third kappa shape index (κ3) is 3.65. The number of aliphatic hydroxyl groups is 1. The van der Waals surface area contributed by atoms with E-state index in [4.69, 9.17) is 0 Å². The molecule has 0 bridgehead atoms. The zero-order valence-corrected chi connectivity index (χ0v) is 9.38. The third-order valence-corrected chi connectivity index (χ3v) is 2.86. The minimum Gasteiger partial charge on any atom is -0.393 e. The molecular weight excluding hydrogens is 234 g/mol. The minimum absolute atomic E-state index is 0.0291. The molecule has 4 heteroatoms. The summed E-state index contributed by atoms with van der Waals surface area (Å²) in [6.45, 7) is 2.50. The number of alkyl halides is 1. The zero-order valence-electron chi connectivity index (χ0n) is 7.79. The van der Waals surface area contributed by atoms with E-state index in [9.17, 15) is 9.90 Å². The number of amides is 1. The lowest BCUT2D eigenvalue weighted by Crippen LogP contribution is -2.33. The first-order valence-corrected chi connectivity index (χ1v) is 5.61. The van der Waals surface area contributed by atoms with Crippen LogP contribution in [-0.4, -0.2) is 28.5 Å². The first kappa shape index (κ1) is 11.0. The van der Waals surface area contributed by atoms with Crippen LogP contribution < -0.4 is 5.32 Å². The Labute approximate surface area is 87.0 Å². The highest BCUT2D eigenvalue weighted by molar-refractivity contribution is 9.10. The van der Waals surface area contributed by atoms with Gasteiger partial charge in [0, 0.05) is 6.54 Å². The number of hydrogen-bond donors (Lipinski definition) is 2. The zero-order chi connectivity index (χ0) is 9.84. The van der Waals surface area contributed by atoms with Gasteiger partial charge in [-0.1, -0.05) is 15.9 Å². The highest BCUT2D eigenvalue weighted by Crippen LogP contribution is 2.24. The molecule has 0 radical (unpaired) electrons. The summed E-state index contributed by atoms with van der Waals surface area (Å²) >= 11 is 3.20. The van der Waals surface area contributed by atoms with Gasteiger partial charge in [0.1, 0.15) is 0 Å². The molecule has 0 aromatic heterocycles. The van der Waals surface area contributed by atoms with Gasteiger partial charge in [0.05, 0.1) is 10.9 Å². The van der Waals surface area contributed by atoms with Crippen molar-refractivity contribution in [3.63, 3.8) is 0 Å². The van der Waals surface area contributed by atoms with Gasteiger partial charge in [-0.15, -0.1) is 0 Å². The lowest BCUT2D eigenvalue weighted by molar-refractivity contribution is -0.120. The van der Waals surface area contributed by atoms with Crippen LogP contribution in [0.5, 0.6) is 0 Å². The molecule has 1 aliphatic rings. The molecule has 2 N–H and O–H groups in total. The Balaban J connectivity index is 2.16. The fourth-order valence-electron chi connectivity index (χ4n) is 1.62. The molecular formula is C9H16BrNO2. The second kappa shape index (κ2) is 4.96. The molecule has 0 aliphatic heterocycles. The average Bonchev–Trinajstić information content (AvgIpc) is 2.47. The van der Waals surface area contributed by atoms with Crippen LogP contribution in [0, 0.1) is 5.92 Å². The lowest BCUT2D eigenvalue weighted by atomic mass is 10.1. The Bertz CT molecular complexity index is 184. The molecule has 13 heavy (non-hydrogen) atoms. The van der Waals surface area contributed by atoms with E-state index in [2.05, 4.69) is 21.2 Å². The molecule has 76 valence electrons. The van der Waals surface area contributed by atoms with Gasteiger partial charge in [-0.2, -0.15) is 0 Å². The van der Waals surface area contributed by atoms with Crippen molar-refractivity contribution >= 4 is 21.8 Å². The van der Waals surface area contributed by atoms with E-state index in [1.807, 2.05) is 0 Å². The molecule has 0 spiro atoms. The van der Waals surface area contributed by atoms with E-state index in [0.717, 1.165) is 19.3 Å². The summed E-state index contributed by atoms with van der Waals surface area (Å²) in [4.78, 5) is 11.0. The third-order valence-electron chi connectivity index (χ3n) is 2.44. The Morgan fingerprint density at radius 3 is 2.85 bits per heavy atom. The number of carbonyl (C=O) groups excluding carboxylic acids is 1. The van der Waals surface area contributed by atoms with Gasteiger partial charge in [-0.25, -0.2) is 0 Å². The van der Waals surface area contributed by atoms with E-state index in [1.54, 1.807) is 6.92 Å². The molecule has 0 heterocycles. The van der Waals surface area contributed by atoms with Crippen LogP contribution >= 0.6 is 15.9 Å². The Morgan fingerprint density at radius 2 is 2.38 bits per heavy atom. The second-order valence-electron chi connectivity index (χ2n) is 3.69. The largest absolute Gasteiger partial charge is 0.393 e. The Kier molecular flexibility index (Phi) is 4.19. The van der Waals surface area contributed by atoms with Crippen molar-refractivity contribution < 1.29 is 9.90 Å². The first-order valence-electron chi connectivity index (χ1n) is 4.69. The lowest BCUT2D eigenvalue weighted by Gasteiger charge is -2.11. The molecule has 1 aliphatic carbocycles. The summed E-state index contributed by atoms with van der Waals surface area (Å²) in [5.74, 6) is 0.492. The first-order chi connectivity index (χ1) is 6.09. The Morgan fingerprint density at radius 1 is 1.69 bits per heavy atom. The fraction of sp³-hybridized carbons (Fsp3) is 0.889. The Hall–Kier alpha value is -0.0900. The molecule has 1 amide bonds. The monoisotopic (exact) mass is 249 g/mol. The highest BCUT2D eigenvalue weighted by atomic mass is 79.9. The van der Waals surface area contributed by atoms with Gasteiger partial charge >= 0.3 is 0 Å². The van der Waals surface area contributed by atoms with E-state index >= 15 is 0 Å². The molecule has 3 unspecified atom stereocenters. The number of hydrogen-bond acceptors (Lipinski definition) is 2. The van der Waals surface area contributed by atoms with Crippen LogP contribution in [0.4, 0.5) is 0 Å². The summed E-state index contributed by atoms with van der Waals surface area (Å²) < 4.78 is 0. The summed E-state index contributed by atoms with van der Waals surface area (Å²) in [6, 6.07) is 0. The molecule has 1 saturated carbocycles. The summed E-state index contributed by atoms with van der Waals surface area (Å²) in [6.07, 6.45) is 2.59. The van der Waals surface area contributed by atoms with Gasteiger partial charge < -0.3 is 10.4 Å². The maximum Gasteiger partial charge on any atom is 0.233 e. The minimum atomic E-state index is -0.150. The van der Waals surface area contributed by atoms with Crippen molar-refractivity contribution in [3.8, 4) is 0 Å². The number of halogens is 1. The second-order valence-corrected chi connectivity index (χ2v) is 5.07. The van der Waals surface area contributed by atoms with Gasteiger partial charge in [0.15, 0.2) is 0 Å². The standard InChI is InChI=1S/C9H16BrNO2/c1-6(10)9(13)11-5-7-2-3-8(12)4-7/h6-8,12H,2-5H2,1H3,(H,11,13). The highest BCUT2D eigenvalue weighted by Gasteiger charge is 2.23. The van der Waals surface area contributed by atoms with Crippen LogP contribution in [-0.2, 0) is 4.79 Å². The predicted octanol–water partition coefficient (Wildman–Crippen LogP) is 1.05. The van der Waals surface area contributed by atoms with Crippen molar-refractivity contribution in [1.82, 2.24) is 5.32 Å². The van der Waals surface area contributed by atoms with Crippen LogP contribution in [0.15, 0.2) is 0 Å². The van der Waals surface area contributed by atoms with E-state index in [1.165, 1.54) is 0 Å². The van der Waals surface area contributed by atoms with E-state index < -0.39 is 0 Å². The molecule has 1 fully saturated rings. The molecule has 1 rings (SSSR count). The topological polar surface area (TPSA) is 49.3 Å². The van der Waals surface area contributed by atoms with Crippen molar-refractivity contribution in [2.45, 2.75) is 37.1 Å². The summed E-state index contributed by atoms with van der Waals surface area (Å²) in [5, 5.41) is 12.1. The summed E-state index contributed by atoms with van der Waals surface area (Å²) in [5.41, 5.74) is 0. The average molecular weight is 250 g/mol. The summed E-state index contributed by atoms with van der Waals surface area (Å²) in [7, 11) is 0. The van der Waals surface area contributed by atoms with Gasteiger partial charge in [0.2, 0.25) is 5.91 Å². The van der Waals surface area contributed by atoms with Crippen LogP contribution in [0.1, 0.15) is 26.2 Å².